The van der Waals surface area contributed by atoms with Crippen LogP contribution in [0, 0.1) is 20.8 Å². The highest BCUT2D eigenvalue weighted by molar-refractivity contribution is 5.79. The summed E-state index contributed by atoms with van der Waals surface area (Å²) in [5.74, 6) is 1.36. The maximum atomic E-state index is 5.85. The van der Waals surface area contributed by atoms with E-state index in [0.29, 0.717) is 12.6 Å². The highest BCUT2D eigenvalue weighted by Crippen LogP contribution is 2.14. The summed E-state index contributed by atoms with van der Waals surface area (Å²) in [4.78, 5) is 0. The summed E-state index contributed by atoms with van der Waals surface area (Å²) in [7, 11) is 0. The van der Waals surface area contributed by atoms with E-state index in [2.05, 4.69) is 51.6 Å². The normalized spacial score (nSPS) is 11.3. The van der Waals surface area contributed by atoms with E-state index in [1.807, 2.05) is 44.2 Å². The molecule has 7 nitrogen and oxygen atoms in total. The minimum Gasteiger partial charge on any atom is -0.489 e. The van der Waals surface area contributed by atoms with Gasteiger partial charge < -0.3 is 4.74 Å². The van der Waals surface area contributed by atoms with Crippen molar-refractivity contribution >= 4 is 6.21 Å². The third-order valence-electron chi connectivity index (χ3n) is 4.45. The number of nitrogens with zero attached hydrogens (tertiary/aromatic N) is 6. The summed E-state index contributed by atoms with van der Waals surface area (Å²) in [6, 6.07) is 18.1. The van der Waals surface area contributed by atoms with Crippen molar-refractivity contribution in [2.24, 2.45) is 5.10 Å². The Morgan fingerprint density at radius 2 is 1.76 bits per heavy atom. The van der Waals surface area contributed by atoms with Crippen molar-refractivity contribution in [2.45, 2.75) is 27.4 Å². The molecule has 0 unspecified atom stereocenters. The topological polar surface area (TPSA) is 70.1 Å². The first-order chi connectivity index (χ1) is 14.1. The van der Waals surface area contributed by atoms with E-state index in [9.17, 15) is 0 Å². The van der Waals surface area contributed by atoms with Gasteiger partial charge in [0.1, 0.15) is 18.7 Å². The van der Waals surface area contributed by atoms with Gasteiger partial charge in [-0.1, -0.05) is 29.8 Å². The van der Waals surface area contributed by atoms with Crippen LogP contribution < -0.4 is 4.74 Å². The van der Waals surface area contributed by atoms with Gasteiger partial charge in [0.25, 0.3) is 5.95 Å². The van der Waals surface area contributed by atoms with Gasteiger partial charge in [-0.05, 0) is 62.2 Å². The van der Waals surface area contributed by atoms with Crippen LogP contribution in [0.1, 0.15) is 28.1 Å². The molecule has 0 saturated carbocycles. The molecular formula is C22H22N6O. The van der Waals surface area contributed by atoms with E-state index < -0.39 is 0 Å². The minimum absolute atomic E-state index is 0.542. The van der Waals surface area contributed by atoms with Gasteiger partial charge in [-0.3, -0.25) is 0 Å². The monoisotopic (exact) mass is 386 g/mol. The van der Waals surface area contributed by atoms with E-state index in [0.717, 1.165) is 28.3 Å². The van der Waals surface area contributed by atoms with E-state index in [4.69, 9.17) is 4.74 Å². The Morgan fingerprint density at radius 1 is 1.00 bits per heavy atom. The standard InChI is InChI=1S/C22H22N6O/c1-16-4-6-20(7-5-16)14-29-21-10-8-19(9-11-21)13-24-27-15-23-25-22(27)28-18(3)12-17(2)26-28/h4-13,15H,14H2,1-3H3/b24-13-. The summed E-state index contributed by atoms with van der Waals surface area (Å²) in [6.45, 7) is 6.53. The van der Waals surface area contributed by atoms with Gasteiger partial charge in [0.2, 0.25) is 0 Å². The molecular weight excluding hydrogens is 364 g/mol. The molecule has 4 rings (SSSR count). The summed E-state index contributed by atoms with van der Waals surface area (Å²) in [5, 5.41) is 17.0. The van der Waals surface area contributed by atoms with Crippen LogP contribution in [0.15, 0.2) is 66.0 Å². The second-order valence-electron chi connectivity index (χ2n) is 6.90. The van der Waals surface area contributed by atoms with Crippen LogP contribution in [0.25, 0.3) is 5.95 Å². The van der Waals surface area contributed by atoms with E-state index in [-0.39, 0.29) is 0 Å². The molecule has 2 aromatic carbocycles. The summed E-state index contributed by atoms with van der Waals surface area (Å²) >= 11 is 0. The first-order valence-corrected chi connectivity index (χ1v) is 9.35. The third kappa shape index (κ3) is 4.40. The highest BCUT2D eigenvalue weighted by Gasteiger charge is 2.10. The van der Waals surface area contributed by atoms with Crippen molar-refractivity contribution in [1.82, 2.24) is 24.7 Å². The molecule has 29 heavy (non-hydrogen) atoms. The van der Waals surface area contributed by atoms with Crippen LogP contribution in [0.4, 0.5) is 0 Å². The lowest BCUT2D eigenvalue weighted by molar-refractivity contribution is 0.306. The van der Waals surface area contributed by atoms with Gasteiger partial charge in [0, 0.05) is 5.69 Å². The lowest BCUT2D eigenvalue weighted by atomic mass is 10.2. The van der Waals surface area contributed by atoms with E-state index >= 15 is 0 Å². The molecule has 0 spiro atoms. The number of aromatic nitrogens is 5. The number of rotatable bonds is 6. The maximum Gasteiger partial charge on any atom is 0.273 e. The fraction of sp³-hybridized carbons (Fsp3) is 0.182. The van der Waals surface area contributed by atoms with Crippen LogP contribution in [-0.2, 0) is 6.61 Å². The zero-order valence-corrected chi connectivity index (χ0v) is 16.6. The lowest BCUT2D eigenvalue weighted by Gasteiger charge is -2.07. The Morgan fingerprint density at radius 3 is 2.45 bits per heavy atom. The van der Waals surface area contributed by atoms with Crippen molar-refractivity contribution in [3.8, 4) is 11.7 Å². The predicted molar refractivity (Wildman–Crippen MR) is 112 cm³/mol. The fourth-order valence-corrected chi connectivity index (χ4v) is 2.91. The average Bonchev–Trinajstić information content (AvgIpc) is 3.32. The molecule has 0 aliphatic heterocycles. The SMILES string of the molecule is Cc1ccc(COc2ccc(/C=N\n3cnnc3-n3nc(C)cc3C)cc2)cc1. The Labute approximate surface area is 169 Å². The van der Waals surface area contributed by atoms with Gasteiger partial charge in [-0.2, -0.15) is 14.9 Å². The number of hydrogen-bond donors (Lipinski definition) is 0. The molecule has 0 N–H and O–H groups in total. The zero-order valence-electron chi connectivity index (χ0n) is 16.6. The van der Waals surface area contributed by atoms with Crippen LogP contribution >= 0.6 is 0 Å². The van der Waals surface area contributed by atoms with Gasteiger partial charge in [0.15, 0.2) is 0 Å². The second kappa shape index (κ2) is 8.10. The van der Waals surface area contributed by atoms with Crippen molar-refractivity contribution in [3.63, 3.8) is 0 Å². The third-order valence-corrected chi connectivity index (χ3v) is 4.45. The number of hydrogen-bond acceptors (Lipinski definition) is 5. The van der Waals surface area contributed by atoms with Gasteiger partial charge in [-0.25, -0.2) is 4.68 Å². The second-order valence-corrected chi connectivity index (χ2v) is 6.90. The minimum atomic E-state index is 0.542. The largest absolute Gasteiger partial charge is 0.489 e. The molecule has 0 atom stereocenters. The number of benzene rings is 2. The zero-order chi connectivity index (χ0) is 20.2. The van der Waals surface area contributed by atoms with Crippen LogP contribution in [-0.4, -0.2) is 30.9 Å². The van der Waals surface area contributed by atoms with Crippen molar-refractivity contribution in [1.29, 1.82) is 0 Å². The molecule has 0 aliphatic rings. The van der Waals surface area contributed by atoms with Crippen LogP contribution in [0.2, 0.25) is 0 Å². The maximum absolute atomic E-state index is 5.85. The molecule has 0 saturated heterocycles. The Balaban J connectivity index is 1.43. The molecule has 146 valence electrons. The molecule has 0 bridgehead atoms. The van der Waals surface area contributed by atoms with Crippen LogP contribution in [0.5, 0.6) is 5.75 Å². The Hall–Kier alpha value is -3.74. The quantitative estimate of drug-likeness (QED) is 0.472. The molecule has 0 aliphatic carbocycles. The lowest BCUT2D eigenvalue weighted by Crippen LogP contribution is -2.06. The molecule has 4 aromatic rings. The molecule has 7 heteroatoms. The number of aryl methyl sites for hydroxylation is 3. The predicted octanol–water partition coefficient (Wildman–Crippen LogP) is 3.85. The molecule has 0 fully saturated rings. The van der Waals surface area contributed by atoms with Crippen molar-refractivity contribution in [3.05, 3.63) is 89.0 Å². The number of ether oxygens (including phenoxy) is 1. The van der Waals surface area contributed by atoms with E-state index in [1.165, 1.54) is 5.56 Å². The van der Waals surface area contributed by atoms with Gasteiger partial charge >= 0.3 is 0 Å². The van der Waals surface area contributed by atoms with Gasteiger partial charge in [0.05, 0.1) is 11.9 Å². The first-order valence-electron chi connectivity index (χ1n) is 9.35. The smallest absolute Gasteiger partial charge is 0.273 e. The van der Waals surface area contributed by atoms with E-state index in [1.54, 1.807) is 21.9 Å². The van der Waals surface area contributed by atoms with Crippen molar-refractivity contribution in [2.75, 3.05) is 0 Å². The molecule has 0 amide bonds. The van der Waals surface area contributed by atoms with Gasteiger partial charge in [-0.15, -0.1) is 10.2 Å². The Kier molecular flexibility index (Phi) is 5.20. The summed E-state index contributed by atoms with van der Waals surface area (Å²) in [5.41, 5.74) is 5.22. The highest BCUT2D eigenvalue weighted by atomic mass is 16.5. The molecule has 0 radical (unpaired) electrons. The molecule has 2 aromatic heterocycles. The molecule has 2 heterocycles. The first kappa shape index (κ1) is 18.6. The summed E-state index contributed by atoms with van der Waals surface area (Å²) in [6.07, 6.45) is 3.31. The average molecular weight is 386 g/mol. The Bertz CT molecular complexity index is 1120. The van der Waals surface area contributed by atoms with Crippen molar-refractivity contribution < 1.29 is 4.74 Å². The fourth-order valence-electron chi connectivity index (χ4n) is 2.91. The summed E-state index contributed by atoms with van der Waals surface area (Å²) < 4.78 is 9.17. The van der Waals surface area contributed by atoms with Crippen LogP contribution in [0.3, 0.4) is 0 Å².